The molecule has 1 rings (SSSR count). The average molecular weight is 241 g/mol. The van der Waals surface area contributed by atoms with Gasteiger partial charge in [0.05, 0.1) is 5.88 Å². The Morgan fingerprint density at radius 3 is 2.50 bits per heavy atom. The third-order valence-electron chi connectivity index (χ3n) is 2.52. The second-order valence-electron chi connectivity index (χ2n) is 4.78. The number of hydrogen-bond acceptors (Lipinski definition) is 2. The summed E-state index contributed by atoms with van der Waals surface area (Å²) in [6, 6.07) is 2.53. The molecule has 3 heteroatoms. The molecule has 16 heavy (non-hydrogen) atoms. The van der Waals surface area contributed by atoms with Crippen LogP contribution >= 0.6 is 11.6 Å². The average Bonchev–Trinajstić information content (AvgIpc) is 2.25. The van der Waals surface area contributed by atoms with E-state index >= 15 is 0 Å². The van der Waals surface area contributed by atoms with Crippen molar-refractivity contribution in [2.45, 2.75) is 39.6 Å². The lowest BCUT2D eigenvalue weighted by atomic mass is 10.1. The number of aromatic nitrogens is 1. The minimum absolute atomic E-state index is 0.478. The van der Waals surface area contributed by atoms with Crippen molar-refractivity contribution in [2.24, 2.45) is 5.92 Å². The molecule has 0 fully saturated rings. The molecule has 2 nitrogen and oxygen atoms in total. The lowest BCUT2D eigenvalue weighted by Crippen LogP contribution is -2.34. The Labute approximate surface area is 104 Å². The molecule has 0 aliphatic rings. The summed E-state index contributed by atoms with van der Waals surface area (Å²) >= 11 is 5.95. The van der Waals surface area contributed by atoms with E-state index in [0.29, 0.717) is 17.8 Å². The van der Waals surface area contributed by atoms with Gasteiger partial charge in [-0.15, -0.1) is 11.6 Å². The van der Waals surface area contributed by atoms with Crippen molar-refractivity contribution in [1.29, 1.82) is 0 Å². The number of alkyl halides is 1. The third kappa shape index (κ3) is 3.38. The van der Waals surface area contributed by atoms with Gasteiger partial charge < -0.3 is 4.90 Å². The van der Waals surface area contributed by atoms with Crippen LogP contribution in [-0.4, -0.2) is 17.6 Å². The fourth-order valence-corrected chi connectivity index (χ4v) is 1.99. The topological polar surface area (TPSA) is 16.1 Å². The molecule has 0 saturated heterocycles. The van der Waals surface area contributed by atoms with Crippen molar-refractivity contribution in [1.82, 2.24) is 4.98 Å². The molecule has 0 aromatic carbocycles. The molecule has 90 valence electrons. The van der Waals surface area contributed by atoms with Gasteiger partial charge in [-0.1, -0.05) is 13.8 Å². The van der Waals surface area contributed by atoms with Gasteiger partial charge in [-0.3, -0.25) is 4.98 Å². The van der Waals surface area contributed by atoms with Crippen LogP contribution in [-0.2, 0) is 5.88 Å². The van der Waals surface area contributed by atoms with E-state index in [2.05, 4.69) is 43.6 Å². The Kier molecular flexibility index (Phi) is 5.07. The second kappa shape index (κ2) is 6.09. The number of anilines is 1. The molecule has 1 heterocycles. The molecule has 0 spiro atoms. The van der Waals surface area contributed by atoms with Crippen molar-refractivity contribution >= 4 is 17.3 Å². The molecule has 0 unspecified atom stereocenters. The van der Waals surface area contributed by atoms with Gasteiger partial charge in [0.2, 0.25) is 0 Å². The van der Waals surface area contributed by atoms with Crippen LogP contribution in [0.3, 0.4) is 0 Å². The predicted molar refractivity (Wildman–Crippen MR) is 71.1 cm³/mol. The van der Waals surface area contributed by atoms with Gasteiger partial charge in [0.25, 0.3) is 0 Å². The first-order valence-corrected chi connectivity index (χ1v) is 6.35. The maximum atomic E-state index is 5.95. The normalized spacial score (nSPS) is 11.2. The zero-order valence-electron chi connectivity index (χ0n) is 10.6. The van der Waals surface area contributed by atoms with Crippen molar-refractivity contribution in [2.75, 3.05) is 11.4 Å². The number of nitrogens with zero attached hydrogens (tertiary/aromatic N) is 2. The number of rotatable bonds is 5. The van der Waals surface area contributed by atoms with E-state index in [1.807, 2.05) is 12.4 Å². The van der Waals surface area contributed by atoms with E-state index in [-0.39, 0.29) is 0 Å². The highest BCUT2D eigenvalue weighted by Crippen LogP contribution is 2.24. The Morgan fingerprint density at radius 1 is 1.31 bits per heavy atom. The van der Waals surface area contributed by atoms with E-state index in [1.54, 1.807) is 0 Å². The van der Waals surface area contributed by atoms with Crippen LogP contribution in [0.2, 0.25) is 0 Å². The summed E-state index contributed by atoms with van der Waals surface area (Å²) in [5.41, 5.74) is 2.33. The standard InChI is InChI=1S/C13H21ClN2/c1-10(2)9-16(11(3)4)13-5-6-15-8-12(13)7-14/h5-6,8,10-11H,7,9H2,1-4H3. The van der Waals surface area contributed by atoms with E-state index in [4.69, 9.17) is 11.6 Å². The van der Waals surface area contributed by atoms with Gasteiger partial charge in [0.15, 0.2) is 0 Å². The Morgan fingerprint density at radius 2 is 2.00 bits per heavy atom. The first-order chi connectivity index (χ1) is 7.56. The zero-order chi connectivity index (χ0) is 12.1. The van der Waals surface area contributed by atoms with Crippen molar-refractivity contribution < 1.29 is 0 Å². The molecular weight excluding hydrogens is 220 g/mol. The molecule has 0 radical (unpaired) electrons. The van der Waals surface area contributed by atoms with Crippen LogP contribution in [0.4, 0.5) is 5.69 Å². The summed E-state index contributed by atoms with van der Waals surface area (Å²) < 4.78 is 0. The molecule has 0 saturated carbocycles. The van der Waals surface area contributed by atoms with Crippen LogP contribution < -0.4 is 4.90 Å². The first-order valence-electron chi connectivity index (χ1n) is 5.81. The smallest absolute Gasteiger partial charge is 0.0509 e. The quantitative estimate of drug-likeness (QED) is 0.730. The predicted octanol–water partition coefficient (Wildman–Crippen LogP) is 3.69. The summed E-state index contributed by atoms with van der Waals surface area (Å²) in [4.78, 5) is 6.52. The minimum Gasteiger partial charge on any atom is -0.369 e. The summed E-state index contributed by atoms with van der Waals surface area (Å²) in [5.74, 6) is 1.16. The highest BCUT2D eigenvalue weighted by molar-refractivity contribution is 6.17. The van der Waals surface area contributed by atoms with Gasteiger partial charge >= 0.3 is 0 Å². The van der Waals surface area contributed by atoms with Gasteiger partial charge in [-0.2, -0.15) is 0 Å². The Bertz CT molecular complexity index is 323. The third-order valence-corrected chi connectivity index (χ3v) is 2.80. The number of halogens is 1. The second-order valence-corrected chi connectivity index (χ2v) is 5.05. The molecule has 1 aromatic rings. The summed E-state index contributed by atoms with van der Waals surface area (Å²) in [5, 5.41) is 0. The molecule has 0 amide bonds. The molecule has 1 aromatic heterocycles. The summed E-state index contributed by atoms with van der Waals surface area (Å²) in [6.45, 7) is 9.93. The van der Waals surface area contributed by atoms with E-state index in [9.17, 15) is 0 Å². The largest absolute Gasteiger partial charge is 0.369 e. The summed E-state index contributed by atoms with van der Waals surface area (Å²) in [7, 11) is 0. The van der Waals surface area contributed by atoms with Gasteiger partial charge in [0, 0.05) is 36.2 Å². The minimum atomic E-state index is 0.478. The van der Waals surface area contributed by atoms with Gasteiger partial charge in [-0.25, -0.2) is 0 Å². The maximum Gasteiger partial charge on any atom is 0.0509 e. The van der Waals surface area contributed by atoms with Crippen molar-refractivity contribution in [3.8, 4) is 0 Å². The first kappa shape index (κ1) is 13.3. The molecule has 0 N–H and O–H groups in total. The van der Waals surface area contributed by atoms with Crippen molar-refractivity contribution in [3.05, 3.63) is 24.0 Å². The van der Waals surface area contributed by atoms with Crippen LogP contribution in [0.5, 0.6) is 0 Å². The summed E-state index contributed by atoms with van der Waals surface area (Å²) in [6.07, 6.45) is 3.69. The fraction of sp³-hybridized carbons (Fsp3) is 0.615. The lowest BCUT2D eigenvalue weighted by Gasteiger charge is -2.32. The number of hydrogen-bond donors (Lipinski definition) is 0. The van der Waals surface area contributed by atoms with Crippen LogP contribution in [0, 0.1) is 5.92 Å². The zero-order valence-corrected chi connectivity index (χ0v) is 11.3. The van der Waals surface area contributed by atoms with Crippen molar-refractivity contribution in [3.63, 3.8) is 0 Å². The fourth-order valence-electron chi connectivity index (χ4n) is 1.78. The highest BCUT2D eigenvalue weighted by atomic mass is 35.5. The molecule has 0 bridgehead atoms. The Hall–Kier alpha value is -0.760. The molecule has 0 atom stereocenters. The van der Waals surface area contributed by atoms with E-state index in [1.165, 1.54) is 5.69 Å². The van der Waals surface area contributed by atoms with E-state index in [0.717, 1.165) is 12.1 Å². The molecule has 0 aliphatic carbocycles. The highest BCUT2D eigenvalue weighted by Gasteiger charge is 2.15. The van der Waals surface area contributed by atoms with E-state index < -0.39 is 0 Å². The lowest BCUT2D eigenvalue weighted by molar-refractivity contribution is 0.570. The van der Waals surface area contributed by atoms with Crippen LogP contribution in [0.1, 0.15) is 33.3 Å². The number of pyridine rings is 1. The maximum absolute atomic E-state index is 5.95. The SMILES string of the molecule is CC(C)CN(c1ccncc1CCl)C(C)C. The van der Waals surface area contributed by atoms with Crippen LogP contribution in [0.15, 0.2) is 18.5 Å². The van der Waals surface area contributed by atoms with Gasteiger partial charge in [0.1, 0.15) is 0 Å². The molecule has 0 aliphatic heterocycles. The Balaban J connectivity index is 3.00. The van der Waals surface area contributed by atoms with Gasteiger partial charge in [-0.05, 0) is 25.8 Å². The van der Waals surface area contributed by atoms with Crippen LogP contribution in [0.25, 0.3) is 0 Å². The molecular formula is C13H21ClN2. The monoisotopic (exact) mass is 240 g/mol.